The number of anilines is 1. The molecule has 0 aromatic heterocycles. The van der Waals surface area contributed by atoms with Crippen LogP contribution in [0.15, 0.2) is 18.2 Å². The van der Waals surface area contributed by atoms with Crippen LogP contribution >= 0.6 is 0 Å². The third kappa shape index (κ3) is 2.11. The number of benzene rings is 1. The number of aliphatic carboxylic acids is 1. The fourth-order valence-corrected chi connectivity index (χ4v) is 2.56. The molecular formula is C15H19NO3. The highest BCUT2D eigenvalue weighted by molar-refractivity contribution is 6.10. The Morgan fingerprint density at radius 3 is 2.37 bits per heavy atom. The summed E-state index contributed by atoms with van der Waals surface area (Å²) < 4.78 is 0. The van der Waals surface area contributed by atoms with Crippen LogP contribution in [0.2, 0.25) is 0 Å². The van der Waals surface area contributed by atoms with Crippen LogP contribution in [0.5, 0.6) is 0 Å². The first kappa shape index (κ1) is 13.6. The lowest BCUT2D eigenvalue weighted by Gasteiger charge is -2.39. The maximum Gasteiger partial charge on any atom is 0.319 e. The van der Waals surface area contributed by atoms with Gasteiger partial charge in [0.25, 0.3) is 0 Å². The Bertz CT molecular complexity index is 532. The monoisotopic (exact) mass is 261 g/mol. The minimum Gasteiger partial charge on any atom is -0.480 e. The summed E-state index contributed by atoms with van der Waals surface area (Å²) in [5.74, 6) is -1.30. The highest BCUT2D eigenvalue weighted by Crippen LogP contribution is 2.43. The van der Waals surface area contributed by atoms with E-state index in [0.717, 1.165) is 23.2 Å². The van der Waals surface area contributed by atoms with Gasteiger partial charge in [-0.15, -0.1) is 0 Å². The van der Waals surface area contributed by atoms with Crippen LogP contribution < -0.4 is 4.90 Å². The van der Waals surface area contributed by atoms with Crippen molar-refractivity contribution in [2.24, 2.45) is 5.41 Å². The van der Waals surface area contributed by atoms with Gasteiger partial charge >= 0.3 is 5.97 Å². The molecular weight excluding hydrogens is 242 g/mol. The molecule has 0 saturated heterocycles. The van der Waals surface area contributed by atoms with Gasteiger partial charge in [-0.05, 0) is 43.9 Å². The molecule has 4 heteroatoms. The zero-order valence-corrected chi connectivity index (χ0v) is 11.6. The predicted molar refractivity (Wildman–Crippen MR) is 73.2 cm³/mol. The molecule has 1 amide bonds. The fourth-order valence-electron chi connectivity index (χ4n) is 2.56. The molecule has 1 N–H and O–H groups in total. The number of carbonyl (C=O) groups excluding carboxylic acids is 1. The number of carboxylic acids is 1. The lowest BCUT2D eigenvalue weighted by atomic mass is 9.67. The SMILES string of the molecule is Cc1ccc(C)c(N(C)C(=O)C2(C(=O)O)CCC2)c1. The van der Waals surface area contributed by atoms with Crippen LogP contribution in [0.25, 0.3) is 0 Å². The van der Waals surface area contributed by atoms with Crippen LogP contribution in [0.4, 0.5) is 5.69 Å². The zero-order chi connectivity index (χ0) is 14.2. The van der Waals surface area contributed by atoms with E-state index in [-0.39, 0.29) is 5.91 Å². The molecule has 1 fully saturated rings. The average Bonchev–Trinajstić information content (AvgIpc) is 2.29. The molecule has 2 rings (SSSR count). The standard InChI is InChI=1S/C15H19NO3/c1-10-5-6-11(2)12(9-10)16(3)13(17)15(14(18)19)7-4-8-15/h5-6,9H,4,7-8H2,1-3H3,(H,18,19). The number of carboxylic acid groups (broad SMARTS) is 1. The average molecular weight is 261 g/mol. The highest BCUT2D eigenvalue weighted by Gasteiger charge is 2.52. The Morgan fingerprint density at radius 1 is 1.26 bits per heavy atom. The van der Waals surface area contributed by atoms with E-state index in [2.05, 4.69) is 0 Å². The third-order valence-electron chi connectivity index (χ3n) is 4.06. The van der Waals surface area contributed by atoms with Gasteiger partial charge in [-0.25, -0.2) is 0 Å². The summed E-state index contributed by atoms with van der Waals surface area (Å²) in [7, 11) is 1.66. The summed E-state index contributed by atoms with van der Waals surface area (Å²) in [5.41, 5.74) is 1.61. The molecule has 0 bridgehead atoms. The molecule has 0 aliphatic heterocycles. The van der Waals surface area contributed by atoms with Gasteiger partial charge in [-0.2, -0.15) is 0 Å². The number of hydrogen-bond acceptors (Lipinski definition) is 2. The fraction of sp³-hybridized carbons (Fsp3) is 0.467. The largest absolute Gasteiger partial charge is 0.480 e. The van der Waals surface area contributed by atoms with E-state index in [0.29, 0.717) is 12.8 Å². The second-order valence-corrected chi connectivity index (χ2v) is 5.39. The van der Waals surface area contributed by atoms with E-state index < -0.39 is 11.4 Å². The molecule has 1 aliphatic rings. The maximum absolute atomic E-state index is 12.5. The topological polar surface area (TPSA) is 57.6 Å². The molecule has 19 heavy (non-hydrogen) atoms. The van der Waals surface area contributed by atoms with Crippen molar-refractivity contribution in [2.75, 3.05) is 11.9 Å². The number of nitrogens with zero attached hydrogens (tertiary/aromatic N) is 1. The van der Waals surface area contributed by atoms with E-state index in [1.165, 1.54) is 4.90 Å². The summed E-state index contributed by atoms with van der Waals surface area (Å²) in [4.78, 5) is 25.4. The van der Waals surface area contributed by atoms with Crippen molar-refractivity contribution in [3.63, 3.8) is 0 Å². The summed E-state index contributed by atoms with van der Waals surface area (Å²) in [6, 6.07) is 5.84. The number of rotatable bonds is 3. The number of hydrogen-bond donors (Lipinski definition) is 1. The normalized spacial score (nSPS) is 16.6. The second-order valence-electron chi connectivity index (χ2n) is 5.39. The molecule has 0 atom stereocenters. The van der Waals surface area contributed by atoms with Gasteiger partial charge in [0.1, 0.15) is 5.41 Å². The Balaban J connectivity index is 2.33. The highest BCUT2D eigenvalue weighted by atomic mass is 16.4. The molecule has 0 radical (unpaired) electrons. The van der Waals surface area contributed by atoms with Gasteiger partial charge in [-0.3, -0.25) is 9.59 Å². The van der Waals surface area contributed by atoms with Gasteiger partial charge in [-0.1, -0.05) is 18.6 Å². The van der Waals surface area contributed by atoms with E-state index >= 15 is 0 Å². The lowest BCUT2D eigenvalue weighted by molar-refractivity contribution is -0.160. The zero-order valence-electron chi connectivity index (χ0n) is 11.6. The van der Waals surface area contributed by atoms with Crippen molar-refractivity contribution < 1.29 is 14.7 Å². The molecule has 0 spiro atoms. The number of carbonyl (C=O) groups is 2. The van der Waals surface area contributed by atoms with Crippen molar-refractivity contribution in [3.05, 3.63) is 29.3 Å². The smallest absolute Gasteiger partial charge is 0.319 e. The van der Waals surface area contributed by atoms with Gasteiger partial charge in [0.05, 0.1) is 0 Å². The Labute approximate surface area is 113 Å². The maximum atomic E-state index is 12.5. The summed E-state index contributed by atoms with van der Waals surface area (Å²) in [5, 5.41) is 9.33. The second kappa shape index (κ2) is 4.68. The molecule has 102 valence electrons. The van der Waals surface area contributed by atoms with Crippen molar-refractivity contribution in [1.29, 1.82) is 0 Å². The quantitative estimate of drug-likeness (QED) is 0.851. The van der Waals surface area contributed by atoms with Gasteiger partial charge < -0.3 is 10.0 Å². The van der Waals surface area contributed by atoms with Gasteiger partial charge in [0.15, 0.2) is 0 Å². The molecule has 1 saturated carbocycles. The summed E-state index contributed by atoms with van der Waals surface area (Å²) in [6.45, 7) is 3.88. The van der Waals surface area contributed by atoms with Crippen LogP contribution in [0.3, 0.4) is 0 Å². The van der Waals surface area contributed by atoms with Crippen molar-refractivity contribution in [3.8, 4) is 0 Å². The van der Waals surface area contributed by atoms with Crippen LogP contribution in [-0.4, -0.2) is 24.0 Å². The Kier molecular flexibility index (Phi) is 3.35. The minimum atomic E-state index is -1.20. The Hall–Kier alpha value is -1.84. The first-order chi connectivity index (χ1) is 8.88. The third-order valence-corrected chi connectivity index (χ3v) is 4.06. The van der Waals surface area contributed by atoms with Gasteiger partial charge in [0, 0.05) is 12.7 Å². The molecule has 0 unspecified atom stereocenters. The minimum absolute atomic E-state index is 0.306. The number of aryl methyl sites for hydroxylation is 2. The summed E-state index contributed by atoms with van der Waals surface area (Å²) in [6.07, 6.45) is 1.69. The molecule has 1 aliphatic carbocycles. The van der Waals surface area contributed by atoms with E-state index in [4.69, 9.17) is 0 Å². The van der Waals surface area contributed by atoms with Crippen LogP contribution in [0, 0.1) is 19.3 Å². The van der Waals surface area contributed by atoms with Crippen molar-refractivity contribution >= 4 is 17.6 Å². The van der Waals surface area contributed by atoms with Crippen LogP contribution in [0.1, 0.15) is 30.4 Å². The van der Waals surface area contributed by atoms with Gasteiger partial charge in [0.2, 0.25) is 5.91 Å². The molecule has 1 aromatic carbocycles. The van der Waals surface area contributed by atoms with Crippen molar-refractivity contribution in [1.82, 2.24) is 0 Å². The molecule has 4 nitrogen and oxygen atoms in total. The van der Waals surface area contributed by atoms with E-state index in [1.807, 2.05) is 32.0 Å². The Morgan fingerprint density at radius 2 is 1.89 bits per heavy atom. The molecule has 0 heterocycles. The first-order valence-corrected chi connectivity index (χ1v) is 6.47. The van der Waals surface area contributed by atoms with Crippen LogP contribution in [-0.2, 0) is 9.59 Å². The number of amides is 1. The molecule has 1 aromatic rings. The predicted octanol–water partition coefficient (Wildman–Crippen LogP) is 2.52. The van der Waals surface area contributed by atoms with Crippen molar-refractivity contribution in [2.45, 2.75) is 33.1 Å². The first-order valence-electron chi connectivity index (χ1n) is 6.47. The lowest BCUT2D eigenvalue weighted by Crippen LogP contribution is -2.51. The van der Waals surface area contributed by atoms with E-state index in [1.54, 1.807) is 7.05 Å². The summed E-state index contributed by atoms with van der Waals surface area (Å²) >= 11 is 0. The van der Waals surface area contributed by atoms with E-state index in [9.17, 15) is 14.7 Å².